The molecule has 1 unspecified atom stereocenters. The summed E-state index contributed by atoms with van der Waals surface area (Å²) in [6, 6.07) is 20.8. The van der Waals surface area contributed by atoms with E-state index in [0.29, 0.717) is 28.4 Å². The number of para-hydroxylation sites is 1. The van der Waals surface area contributed by atoms with E-state index in [1.807, 2.05) is 31.2 Å². The maximum atomic E-state index is 14.0. The van der Waals surface area contributed by atoms with Crippen LogP contribution in [0.2, 0.25) is 5.02 Å². The van der Waals surface area contributed by atoms with E-state index in [1.54, 1.807) is 53.4 Å². The van der Waals surface area contributed by atoms with Crippen molar-refractivity contribution in [3.63, 3.8) is 0 Å². The first-order valence-corrected chi connectivity index (χ1v) is 12.5. The number of Topliss-reactive ketones (excluding diaryl/α,β-unsaturated/α-hetero) is 1. The van der Waals surface area contributed by atoms with E-state index in [9.17, 15) is 14.4 Å². The second-order valence-corrected chi connectivity index (χ2v) is 9.53. The van der Waals surface area contributed by atoms with Gasteiger partial charge in [-0.15, -0.1) is 0 Å². The summed E-state index contributed by atoms with van der Waals surface area (Å²) in [5.74, 6) is -1.16. The van der Waals surface area contributed by atoms with Crippen LogP contribution >= 0.6 is 11.6 Å². The SMILES string of the molecule is CC(=O)N(c1ccc(Cl)cc1)[C@H]1c2ccccc2N[C@@H](C)C1C(=O)c1ccc(OCCCC(=O)O)cc1. The largest absolute Gasteiger partial charge is 0.494 e. The average Bonchev–Trinajstić information content (AvgIpc) is 2.87. The van der Waals surface area contributed by atoms with E-state index in [1.165, 1.54) is 6.92 Å². The minimum Gasteiger partial charge on any atom is -0.494 e. The van der Waals surface area contributed by atoms with Crippen molar-refractivity contribution in [2.45, 2.75) is 38.8 Å². The van der Waals surface area contributed by atoms with Crippen molar-refractivity contribution in [3.8, 4) is 5.75 Å². The van der Waals surface area contributed by atoms with Crippen molar-refractivity contribution in [1.82, 2.24) is 0 Å². The van der Waals surface area contributed by atoms with Gasteiger partial charge in [-0.2, -0.15) is 0 Å². The maximum absolute atomic E-state index is 14.0. The minimum absolute atomic E-state index is 0.0340. The number of halogens is 1. The van der Waals surface area contributed by atoms with E-state index < -0.39 is 17.9 Å². The Hall–Kier alpha value is -3.84. The number of carboxylic acids is 1. The molecule has 3 aromatic rings. The maximum Gasteiger partial charge on any atom is 0.303 e. The molecule has 1 heterocycles. The van der Waals surface area contributed by atoms with Crippen LogP contribution in [-0.2, 0) is 9.59 Å². The number of amides is 1. The van der Waals surface area contributed by atoms with Gasteiger partial charge in [0.1, 0.15) is 5.75 Å². The highest BCUT2D eigenvalue weighted by molar-refractivity contribution is 6.30. The zero-order valence-corrected chi connectivity index (χ0v) is 21.4. The summed E-state index contributed by atoms with van der Waals surface area (Å²) in [6.07, 6.45) is 0.431. The van der Waals surface area contributed by atoms with Gasteiger partial charge in [0.2, 0.25) is 5.91 Å². The number of ether oxygens (including phenoxy) is 1. The molecule has 1 aliphatic heterocycles. The highest BCUT2D eigenvalue weighted by atomic mass is 35.5. The summed E-state index contributed by atoms with van der Waals surface area (Å²) in [5, 5.41) is 12.8. The van der Waals surface area contributed by atoms with Gasteiger partial charge in [-0.25, -0.2) is 0 Å². The fourth-order valence-corrected chi connectivity index (χ4v) is 4.95. The standard InChI is InChI=1S/C29H29ClN2O5/c1-18-27(29(36)20-9-15-23(16-10-20)37-17-5-8-26(34)35)28(24-6-3-4-7-25(24)31-18)32(19(2)33)22-13-11-21(30)12-14-22/h3-4,6-7,9-16,18,27-28,31H,5,8,17H2,1-2H3,(H,34,35)/t18-,27?,28-/m0/s1. The lowest BCUT2D eigenvalue weighted by Crippen LogP contribution is -2.49. The highest BCUT2D eigenvalue weighted by Gasteiger charge is 2.43. The van der Waals surface area contributed by atoms with Gasteiger partial charge in [0.25, 0.3) is 0 Å². The number of fused-ring (bicyclic) bond motifs is 1. The van der Waals surface area contributed by atoms with Gasteiger partial charge >= 0.3 is 5.97 Å². The third-order valence-corrected chi connectivity index (χ3v) is 6.76. The fraction of sp³-hybridized carbons (Fsp3) is 0.276. The molecule has 1 aliphatic rings. The molecule has 4 rings (SSSR count). The topological polar surface area (TPSA) is 95.9 Å². The van der Waals surface area contributed by atoms with E-state index >= 15 is 0 Å². The van der Waals surface area contributed by atoms with Gasteiger partial charge in [0.05, 0.1) is 18.6 Å². The quantitative estimate of drug-likeness (QED) is 0.266. The van der Waals surface area contributed by atoms with Crippen LogP contribution in [0.5, 0.6) is 5.75 Å². The Bertz CT molecular complexity index is 1280. The molecule has 0 saturated heterocycles. The molecule has 0 aliphatic carbocycles. The van der Waals surface area contributed by atoms with Gasteiger partial charge < -0.3 is 20.1 Å². The lowest BCUT2D eigenvalue weighted by molar-refractivity contribution is -0.137. The normalized spacial score (nSPS) is 18.3. The second-order valence-electron chi connectivity index (χ2n) is 9.09. The number of ketones is 1. The molecule has 1 amide bonds. The number of anilines is 2. The molecule has 0 fully saturated rings. The molecule has 0 spiro atoms. The van der Waals surface area contributed by atoms with E-state index in [-0.39, 0.29) is 30.8 Å². The first-order chi connectivity index (χ1) is 17.8. The number of nitrogens with zero attached hydrogens (tertiary/aromatic N) is 1. The van der Waals surface area contributed by atoms with Crippen molar-refractivity contribution >= 4 is 40.6 Å². The fourth-order valence-electron chi connectivity index (χ4n) is 4.82. The molecule has 192 valence electrons. The summed E-state index contributed by atoms with van der Waals surface area (Å²) < 4.78 is 5.61. The molecule has 37 heavy (non-hydrogen) atoms. The molecule has 0 radical (unpaired) electrons. The molecule has 2 N–H and O–H groups in total. The van der Waals surface area contributed by atoms with E-state index in [2.05, 4.69) is 5.32 Å². The van der Waals surface area contributed by atoms with Crippen molar-refractivity contribution in [1.29, 1.82) is 0 Å². The van der Waals surface area contributed by atoms with Gasteiger partial charge in [-0.05, 0) is 73.5 Å². The van der Waals surface area contributed by atoms with Crippen LogP contribution < -0.4 is 15.0 Å². The number of benzene rings is 3. The zero-order valence-electron chi connectivity index (χ0n) is 20.7. The van der Waals surface area contributed by atoms with Crippen LogP contribution in [0.25, 0.3) is 0 Å². The summed E-state index contributed by atoms with van der Waals surface area (Å²) in [6.45, 7) is 3.73. The number of carboxylic acid groups (broad SMARTS) is 1. The third-order valence-electron chi connectivity index (χ3n) is 6.51. The van der Waals surface area contributed by atoms with Gasteiger partial charge in [0, 0.05) is 41.3 Å². The lowest BCUT2D eigenvalue weighted by Gasteiger charge is -2.43. The first kappa shape index (κ1) is 26.2. The molecule has 0 saturated carbocycles. The Morgan fingerprint density at radius 2 is 1.68 bits per heavy atom. The van der Waals surface area contributed by atoms with Crippen molar-refractivity contribution in [3.05, 3.63) is 88.9 Å². The molecule has 8 heteroatoms. The molecular formula is C29H29ClN2O5. The van der Waals surface area contributed by atoms with Crippen LogP contribution in [0, 0.1) is 5.92 Å². The third kappa shape index (κ3) is 5.94. The average molecular weight is 521 g/mol. The van der Waals surface area contributed by atoms with Gasteiger partial charge in [-0.3, -0.25) is 14.4 Å². The number of aliphatic carboxylic acids is 1. The van der Waals surface area contributed by atoms with E-state index in [0.717, 1.165) is 11.3 Å². The van der Waals surface area contributed by atoms with Crippen LogP contribution in [0.4, 0.5) is 11.4 Å². The number of hydrogen-bond donors (Lipinski definition) is 2. The number of carbonyl (C=O) groups is 3. The molecule has 0 bridgehead atoms. The number of carbonyl (C=O) groups excluding carboxylic acids is 2. The Morgan fingerprint density at radius 3 is 2.32 bits per heavy atom. The lowest BCUT2D eigenvalue weighted by atomic mass is 9.77. The van der Waals surface area contributed by atoms with E-state index in [4.69, 9.17) is 21.4 Å². The zero-order chi connectivity index (χ0) is 26.5. The Balaban J connectivity index is 1.67. The minimum atomic E-state index is -0.867. The van der Waals surface area contributed by atoms with Crippen LogP contribution in [0.15, 0.2) is 72.8 Å². The van der Waals surface area contributed by atoms with Crippen LogP contribution in [-0.4, -0.2) is 35.4 Å². The smallest absolute Gasteiger partial charge is 0.303 e. The Morgan fingerprint density at radius 1 is 1.00 bits per heavy atom. The van der Waals surface area contributed by atoms with Crippen molar-refractivity contribution in [2.75, 3.05) is 16.8 Å². The highest BCUT2D eigenvalue weighted by Crippen LogP contribution is 2.44. The first-order valence-electron chi connectivity index (χ1n) is 12.2. The molecule has 7 nitrogen and oxygen atoms in total. The summed E-state index contributed by atoms with van der Waals surface area (Å²) in [5.41, 5.74) is 2.91. The number of hydrogen-bond acceptors (Lipinski definition) is 5. The second kappa shape index (κ2) is 11.5. The predicted molar refractivity (Wildman–Crippen MR) is 144 cm³/mol. The number of rotatable bonds is 9. The molecule has 0 aromatic heterocycles. The van der Waals surface area contributed by atoms with Crippen LogP contribution in [0.1, 0.15) is 48.7 Å². The molecule has 3 atom stereocenters. The predicted octanol–water partition coefficient (Wildman–Crippen LogP) is 5.99. The Kier molecular flexibility index (Phi) is 8.14. The van der Waals surface area contributed by atoms with Crippen molar-refractivity contribution in [2.24, 2.45) is 5.92 Å². The monoisotopic (exact) mass is 520 g/mol. The molecular weight excluding hydrogens is 492 g/mol. The van der Waals surface area contributed by atoms with Gasteiger partial charge in [0.15, 0.2) is 5.78 Å². The van der Waals surface area contributed by atoms with Crippen LogP contribution in [0.3, 0.4) is 0 Å². The molecule has 3 aromatic carbocycles. The van der Waals surface area contributed by atoms with Gasteiger partial charge in [-0.1, -0.05) is 29.8 Å². The summed E-state index contributed by atoms with van der Waals surface area (Å²) in [7, 11) is 0. The van der Waals surface area contributed by atoms with Crippen molar-refractivity contribution < 1.29 is 24.2 Å². The number of nitrogens with one attached hydrogen (secondary N) is 1. The summed E-state index contributed by atoms with van der Waals surface area (Å²) in [4.78, 5) is 39.4. The Labute approximate surface area is 221 Å². The summed E-state index contributed by atoms with van der Waals surface area (Å²) >= 11 is 6.11.